The molecule has 1 aliphatic heterocycles. The van der Waals surface area contributed by atoms with Crippen molar-refractivity contribution in [2.24, 2.45) is 0 Å². The Morgan fingerprint density at radius 2 is 1.86 bits per heavy atom. The maximum absolute atomic E-state index is 13.6. The van der Waals surface area contributed by atoms with E-state index in [4.69, 9.17) is 16.3 Å². The maximum Gasteiger partial charge on any atom is 0.419 e. The molecule has 1 saturated heterocycles. The van der Waals surface area contributed by atoms with Crippen LogP contribution < -0.4 is 9.46 Å². The minimum atomic E-state index is -4.64. The fraction of sp³-hybridized carbons (Fsp3) is 0.333. The lowest BCUT2D eigenvalue weighted by atomic mass is 10.0. The quantitative estimate of drug-likeness (QED) is 0.380. The molecule has 0 saturated carbocycles. The van der Waals surface area contributed by atoms with Gasteiger partial charge in [-0.2, -0.15) is 13.2 Å². The third-order valence-corrected chi connectivity index (χ3v) is 9.09. The highest BCUT2D eigenvalue weighted by atomic mass is 35.5. The average Bonchev–Trinajstić information content (AvgIpc) is 3.35. The number of halogens is 4. The van der Waals surface area contributed by atoms with Crippen molar-refractivity contribution in [1.29, 1.82) is 0 Å². The molecule has 0 unspecified atom stereocenters. The number of sulfonamides is 1. The molecule has 1 atom stereocenters. The van der Waals surface area contributed by atoms with E-state index in [2.05, 4.69) is 4.72 Å². The topological polar surface area (TPSA) is 58.6 Å². The molecule has 1 aromatic heterocycles. The van der Waals surface area contributed by atoms with Crippen LogP contribution in [0.25, 0.3) is 11.1 Å². The van der Waals surface area contributed by atoms with Gasteiger partial charge in [-0.05, 0) is 62.2 Å². The van der Waals surface area contributed by atoms with Gasteiger partial charge in [0, 0.05) is 24.7 Å². The van der Waals surface area contributed by atoms with Crippen molar-refractivity contribution in [3.63, 3.8) is 0 Å². The first-order chi connectivity index (χ1) is 16.3. The molecule has 5 nitrogen and oxygen atoms in total. The minimum absolute atomic E-state index is 0.0227. The second kappa shape index (κ2) is 9.65. The van der Waals surface area contributed by atoms with E-state index in [1.165, 1.54) is 0 Å². The predicted molar refractivity (Wildman–Crippen MR) is 133 cm³/mol. The van der Waals surface area contributed by atoms with Gasteiger partial charge in [-0.15, -0.1) is 11.3 Å². The number of hydrogen-bond acceptors (Lipinski definition) is 5. The summed E-state index contributed by atoms with van der Waals surface area (Å²) in [7, 11) is -2.30. The van der Waals surface area contributed by atoms with E-state index in [-0.39, 0.29) is 14.2 Å². The van der Waals surface area contributed by atoms with Gasteiger partial charge in [-0.3, -0.25) is 4.72 Å². The minimum Gasteiger partial charge on any atom is -0.488 e. The molecule has 188 valence electrons. The summed E-state index contributed by atoms with van der Waals surface area (Å²) in [6.07, 6.45) is -4.48. The number of benzene rings is 2. The van der Waals surface area contributed by atoms with Gasteiger partial charge in [0.05, 0.1) is 15.6 Å². The lowest BCUT2D eigenvalue weighted by Gasteiger charge is -2.19. The molecule has 4 rings (SSSR count). The van der Waals surface area contributed by atoms with Crippen LogP contribution in [0.2, 0.25) is 4.34 Å². The Hall–Kier alpha value is -2.27. The Morgan fingerprint density at radius 3 is 2.49 bits per heavy atom. The largest absolute Gasteiger partial charge is 0.488 e. The Bertz CT molecular complexity index is 1360. The molecular formula is C24H24ClF3N2O3S2. The van der Waals surface area contributed by atoms with E-state index >= 15 is 0 Å². The first-order valence-electron chi connectivity index (χ1n) is 10.8. The fourth-order valence-electron chi connectivity index (χ4n) is 3.94. The molecule has 0 spiro atoms. The summed E-state index contributed by atoms with van der Waals surface area (Å²) >= 11 is 7.06. The number of rotatable bonds is 6. The fourth-order valence-corrected chi connectivity index (χ4v) is 6.89. The van der Waals surface area contributed by atoms with Crippen LogP contribution in [-0.4, -0.2) is 39.6 Å². The lowest BCUT2D eigenvalue weighted by molar-refractivity contribution is -0.139. The van der Waals surface area contributed by atoms with E-state index in [9.17, 15) is 21.6 Å². The summed E-state index contributed by atoms with van der Waals surface area (Å²) in [5.74, 6) is -0.406. The van der Waals surface area contributed by atoms with E-state index in [0.29, 0.717) is 30.6 Å². The molecule has 1 N–H and O–H groups in total. The monoisotopic (exact) mass is 544 g/mol. The average molecular weight is 545 g/mol. The molecule has 0 amide bonds. The number of nitrogens with one attached hydrogen (secondary N) is 1. The molecule has 0 radical (unpaired) electrons. The van der Waals surface area contributed by atoms with Crippen molar-refractivity contribution in [3.05, 3.63) is 63.5 Å². The van der Waals surface area contributed by atoms with Crippen molar-refractivity contribution < 1.29 is 26.3 Å². The number of aryl methyl sites for hydroxylation is 2. The van der Waals surface area contributed by atoms with Gasteiger partial charge in [-0.25, -0.2) is 8.42 Å². The van der Waals surface area contributed by atoms with Crippen LogP contribution in [0.15, 0.2) is 46.7 Å². The molecular weight excluding hydrogens is 521 g/mol. The zero-order valence-electron chi connectivity index (χ0n) is 19.2. The second-order valence-electron chi connectivity index (χ2n) is 8.66. The van der Waals surface area contributed by atoms with Gasteiger partial charge < -0.3 is 9.64 Å². The van der Waals surface area contributed by atoms with Crippen LogP contribution in [0.5, 0.6) is 5.75 Å². The van der Waals surface area contributed by atoms with Gasteiger partial charge in [0.1, 0.15) is 16.1 Å². The van der Waals surface area contributed by atoms with Crippen molar-refractivity contribution in [1.82, 2.24) is 4.90 Å². The summed E-state index contributed by atoms with van der Waals surface area (Å²) < 4.78 is 75.7. The lowest BCUT2D eigenvalue weighted by Crippen LogP contribution is -2.23. The molecule has 0 bridgehead atoms. The van der Waals surface area contributed by atoms with E-state index < -0.39 is 33.6 Å². The Morgan fingerprint density at radius 1 is 1.11 bits per heavy atom. The number of anilines is 1. The summed E-state index contributed by atoms with van der Waals surface area (Å²) in [5.41, 5.74) is 2.16. The third-order valence-electron chi connectivity index (χ3n) is 5.91. The predicted octanol–water partition coefficient (Wildman–Crippen LogP) is 6.59. The standard InChI is InChI=1S/C24H24ClF3N2O3S2/c1-14-4-5-16(10-15(14)2)19-12-22(25)34-23(19)35(31,32)29-17-6-7-20(24(26,27)28)21(11-17)33-18-8-9-30(3)13-18/h4-7,10-12,18,29H,8-9,13H2,1-3H3/t18-/m1/s1. The van der Waals surface area contributed by atoms with Crippen LogP contribution in [0.1, 0.15) is 23.1 Å². The highest BCUT2D eigenvalue weighted by molar-refractivity contribution is 7.94. The smallest absolute Gasteiger partial charge is 0.419 e. The third kappa shape index (κ3) is 5.77. The van der Waals surface area contributed by atoms with Crippen molar-refractivity contribution in [2.75, 3.05) is 24.9 Å². The van der Waals surface area contributed by atoms with Crippen LogP contribution in [0, 0.1) is 13.8 Å². The van der Waals surface area contributed by atoms with Crippen molar-refractivity contribution >= 4 is 38.6 Å². The van der Waals surface area contributed by atoms with E-state index in [1.807, 2.05) is 44.0 Å². The highest BCUT2D eigenvalue weighted by Crippen LogP contribution is 2.41. The number of nitrogens with zero attached hydrogens (tertiary/aromatic N) is 1. The van der Waals surface area contributed by atoms with Crippen LogP contribution in [0.3, 0.4) is 0 Å². The first kappa shape index (κ1) is 25.8. The van der Waals surface area contributed by atoms with Crippen LogP contribution >= 0.6 is 22.9 Å². The van der Waals surface area contributed by atoms with Gasteiger partial charge in [0.15, 0.2) is 0 Å². The number of hydrogen-bond donors (Lipinski definition) is 1. The normalized spacial score (nSPS) is 17.1. The number of alkyl halides is 3. The summed E-state index contributed by atoms with van der Waals surface area (Å²) in [4.78, 5) is 1.96. The van der Waals surface area contributed by atoms with Gasteiger partial charge >= 0.3 is 6.18 Å². The Labute approximate surface area is 211 Å². The zero-order chi connectivity index (χ0) is 25.5. The zero-order valence-corrected chi connectivity index (χ0v) is 21.6. The molecule has 2 aromatic carbocycles. The molecule has 2 heterocycles. The van der Waals surface area contributed by atoms with Gasteiger partial charge in [0.25, 0.3) is 10.0 Å². The Kier molecular flexibility index (Phi) is 7.11. The van der Waals surface area contributed by atoms with Crippen molar-refractivity contribution in [3.8, 4) is 16.9 Å². The number of thiophene rings is 1. The SMILES string of the molecule is Cc1ccc(-c2cc(Cl)sc2S(=O)(=O)Nc2ccc(C(F)(F)F)c(O[C@@H]3CCN(C)C3)c2)cc1C. The molecule has 1 aliphatic rings. The molecule has 0 aliphatic carbocycles. The molecule has 1 fully saturated rings. The number of likely N-dealkylation sites (tertiary alicyclic amines) is 1. The van der Waals surface area contributed by atoms with Crippen molar-refractivity contribution in [2.45, 2.75) is 36.8 Å². The summed E-state index contributed by atoms with van der Waals surface area (Å²) in [6.45, 7) is 5.07. The maximum atomic E-state index is 13.6. The van der Waals surface area contributed by atoms with E-state index in [0.717, 1.165) is 40.7 Å². The first-order valence-corrected chi connectivity index (χ1v) is 13.5. The molecule has 35 heavy (non-hydrogen) atoms. The summed E-state index contributed by atoms with van der Waals surface area (Å²) in [5, 5.41) is 0. The number of ether oxygens (including phenoxy) is 1. The molecule has 11 heteroatoms. The van der Waals surface area contributed by atoms with Crippen LogP contribution in [0.4, 0.5) is 18.9 Å². The van der Waals surface area contributed by atoms with Crippen LogP contribution in [-0.2, 0) is 16.2 Å². The van der Waals surface area contributed by atoms with E-state index in [1.54, 1.807) is 6.07 Å². The Balaban J connectivity index is 1.68. The van der Waals surface area contributed by atoms with Gasteiger partial charge in [0.2, 0.25) is 0 Å². The molecule has 3 aromatic rings. The number of likely N-dealkylation sites (N-methyl/N-ethyl adjacent to an activating group) is 1. The van der Waals surface area contributed by atoms with Gasteiger partial charge in [-0.1, -0.05) is 29.8 Å². The second-order valence-corrected chi connectivity index (χ2v) is 12.2. The summed E-state index contributed by atoms with van der Waals surface area (Å²) in [6, 6.07) is 10.1. The highest BCUT2D eigenvalue weighted by Gasteiger charge is 2.36.